The van der Waals surface area contributed by atoms with E-state index in [1.54, 1.807) is 0 Å². The quantitative estimate of drug-likeness (QED) is 0.816. The van der Waals surface area contributed by atoms with Gasteiger partial charge in [-0.15, -0.1) is 0 Å². The van der Waals surface area contributed by atoms with Gasteiger partial charge in [-0.25, -0.2) is 8.78 Å². The Labute approximate surface area is 117 Å². The lowest BCUT2D eigenvalue weighted by Crippen LogP contribution is -2.37. The topological polar surface area (TPSA) is 55.6 Å². The number of anilines is 1. The first-order valence-corrected chi connectivity index (χ1v) is 6.39. The first-order valence-electron chi connectivity index (χ1n) is 6.39. The molecule has 0 atom stereocenters. The summed E-state index contributed by atoms with van der Waals surface area (Å²) in [5.74, 6) is -2.33. The predicted octanol–water partition coefficient (Wildman–Crippen LogP) is 2.29. The molecule has 0 aliphatic carbocycles. The normalized spacial score (nSPS) is 10.9. The average molecular weight is 286 g/mol. The van der Waals surface area contributed by atoms with E-state index in [0.717, 1.165) is 12.1 Å². The fraction of sp³-hybridized carbons (Fsp3) is 0.500. The summed E-state index contributed by atoms with van der Waals surface area (Å²) < 4.78 is 31.3. The fourth-order valence-electron chi connectivity index (χ4n) is 1.84. The van der Waals surface area contributed by atoms with Gasteiger partial charge in [-0.3, -0.25) is 4.79 Å². The van der Waals surface area contributed by atoms with Crippen LogP contribution in [0.5, 0.6) is 0 Å². The van der Waals surface area contributed by atoms with Crippen molar-refractivity contribution in [1.29, 1.82) is 0 Å². The van der Waals surface area contributed by atoms with Crippen LogP contribution >= 0.6 is 0 Å². The van der Waals surface area contributed by atoms with E-state index >= 15 is 0 Å². The van der Waals surface area contributed by atoms with E-state index in [9.17, 15) is 13.6 Å². The van der Waals surface area contributed by atoms with Crippen LogP contribution in [0.25, 0.3) is 0 Å². The molecular formula is C14H20F2N2O2. The van der Waals surface area contributed by atoms with Crippen LogP contribution in [-0.2, 0) is 4.74 Å². The summed E-state index contributed by atoms with van der Waals surface area (Å²) in [7, 11) is 1.53. The summed E-state index contributed by atoms with van der Waals surface area (Å²) >= 11 is 0. The van der Waals surface area contributed by atoms with Gasteiger partial charge < -0.3 is 15.4 Å². The van der Waals surface area contributed by atoms with Gasteiger partial charge in [-0.1, -0.05) is 13.8 Å². The highest BCUT2D eigenvalue weighted by atomic mass is 19.2. The summed E-state index contributed by atoms with van der Waals surface area (Å²) in [4.78, 5) is 13.9. The fourth-order valence-corrected chi connectivity index (χ4v) is 1.84. The molecule has 0 aromatic heterocycles. The first kappa shape index (κ1) is 16.4. The molecule has 0 bridgehead atoms. The Morgan fingerprint density at radius 3 is 2.50 bits per heavy atom. The van der Waals surface area contributed by atoms with E-state index in [4.69, 9.17) is 10.5 Å². The second-order valence-electron chi connectivity index (χ2n) is 4.99. The zero-order valence-electron chi connectivity index (χ0n) is 12.0. The van der Waals surface area contributed by atoms with Crippen LogP contribution in [0.2, 0.25) is 0 Å². The number of methoxy groups -OCH3 is 1. The highest BCUT2D eigenvalue weighted by Crippen LogP contribution is 2.19. The average Bonchev–Trinajstić information content (AvgIpc) is 2.37. The van der Waals surface area contributed by atoms with Crippen molar-refractivity contribution < 1.29 is 18.3 Å². The molecule has 112 valence electrons. The number of ether oxygens (including phenoxy) is 1. The smallest absolute Gasteiger partial charge is 0.256 e. The van der Waals surface area contributed by atoms with Gasteiger partial charge in [0.25, 0.3) is 5.91 Å². The molecule has 0 heterocycles. The summed E-state index contributed by atoms with van der Waals surface area (Å²) in [5, 5.41) is 0. The molecule has 1 aromatic rings. The van der Waals surface area contributed by atoms with E-state index in [1.807, 2.05) is 13.8 Å². The first-order chi connectivity index (χ1) is 9.36. The van der Waals surface area contributed by atoms with Gasteiger partial charge in [0.1, 0.15) is 0 Å². The second-order valence-corrected chi connectivity index (χ2v) is 4.99. The minimum atomic E-state index is -1.08. The lowest BCUT2D eigenvalue weighted by atomic mass is 10.1. The third-order valence-electron chi connectivity index (χ3n) is 2.76. The van der Waals surface area contributed by atoms with Gasteiger partial charge in [-0.05, 0) is 12.0 Å². The molecule has 6 heteroatoms. The number of carbonyl (C=O) groups is 1. The molecule has 4 nitrogen and oxygen atoms in total. The van der Waals surface area contributed by atoms with E-state index in [-0.39, 0.29) is 17.2 Å². The molecule has 0 unspecified atom stereocenters. The molecule has 0 aliphatic rings. The number of nitrogens with two attached hydrogens (primary N) is 1. The van der Waals surface area contributed by atoms with Gasteiger partial charge in [0.15, 0.2) is 11.6 Å². The van der Waals surface area contributed by atoms with Crippen LogP contribution in [0, 0.1) is 17.6 Å². The van der Waals surface area contributed by atoms with Crippen molar-refractivity contribution in [1.82, 2.24) is 4.90 Å². The Morgan fingerprint density at radius 2 is 1.95 bits per heavy atom. The van der Waals surface area contributed by atoms with E-state index in [2.05, 4.69) is 0 Å². The van der Waals surface area contributed by atoms with Crippen LogP contribution in [0.15, 0.2) is 12.1 Å². The van der Waals surface area contributed by atoms with Crippen molar-refractivity contribution in [3.8, 4) is 0 Å². The Balaban J connectivity index is 3.01. The number of carbonyl (C=O) groups excluding carboxylic acids is 1. The highest BCUT2D eigenvalue weighted by Gasteiger charge is 2.21. The Morgan fingerprint density at radius 1 is 1.35 bits per heavy atom. The van der Waals surface area contributed by atoms with Crippen LogP contribution < -0.4 is 5.73 Å². The van der Waals surface area contributed by atoms with Crippen molar-refractivity contribution >= 4 is 11.6 Å². The largest absolute Gasteiger partial charge is 0.398 e. The molecule has 0 fully saturated rings. The van der Waals surface area contributed by atoms with Gasteiger partial charge in [0.05, 0.1) is 12.2 Å². The van der Waals surface area contributed by atoms with Crippen LogP contribution in [-0.4, -0.2) is 37.6 Å². The minimum Gasteiger partial charge on any atom is -0.398 e. The zero-order chi connectivity index (χ0) is 15.3. The summed E-state index contributed by atoms with van der Waals surface area (Å²) in [6, 6.07) is 1.67. The van der Waals surface area contributed by atoms with Crippen molar-refractivity contribution in [3.63, 3.8) is 0 Å². The lowest BCUT2D eigenvalue weighted by Gasteiger charge is -2.25. The van der Waals surface area contributed by atoms with Crippen LogP contribution in [0.1, 0.15) is 24.2 Å². The van der Waals surface area contributed by atoms with E-state index in [1.165, 1.54) is 12.0 Å². The number of rotatable bonds is 6. The van der Waals surface area contributed by atoms with Gasteiger partial charge in [0.2, 0.25) is 0 Å². The lowest BCUT2D eigenvalue weighted by molar-refractivity contribution is 0.0673. The second kappa shape index (κ2) is 7.19. The number of benzene rings is 1. The molecule has 2 N–H and O–H groups in total. The molecule has 20 heavy (non-hydrogen) atoms. The third kappa shape index (κ3) is 4.16. The number of hydrogen-bond acceptors (Lipinski definition) is 3. The number of nitrogens with zero attached hydrogens (tertiary/aromatic N) is 1. The van der Waals surface area contributed by atoms with Crippen LogP contribution in [0.4, 0.5) is 14.5 Å². The Kier molecular flexibility index (Phi) is 5.88. The molecule has 1 aromatic carbocycles. The Bertz CT molecular complexity index is 478. The highest BCUT2D eigenvalue weighted by molar-refractivity contribution is 5.99. The number of amides is 1. The SMILES string of the molecule is COCCN(CC(C)C)C(=O)c1cc(F)c(F)cc1N. The van der Waals surface area contributed by atoms with Gasteiger partial charge in [-0.2, -0.15) is 0 Å². The minimum absolute atomic E-state index is 0.0272. The van der Waals surface area contributed by atoms with Crippen molar-refractivity contribution in [2.45, 2.75) is 13.8 Å². The molecule has 0 radical (unpaired) electrons. The van der Waals surface area contributed by atoms with Gasteiger partial charge in [0, 0.05) is 32.0 Å². The van der Waals surface area contributed by atoms with E-state index in [0.29, 0.717) is 19.7 Å². The maximum absolute atomic E-state index is 13.3. The standard InChI is InChI=1S/C14H20F2N2O2/c1-9(2)8-18(4-5-20-3)14(19)10-6-11(15)12(16)7-13(10)17/h6-7,9H,4-5,8,17H2,1-3H3. The van der Waals surface area contributed by atoms with Crippen molar-refractivity contribution in [2.75, 3.05) is 32.5 Å². The Hall–Kier alpha value is -1.69. The van der Waals surface area contributed by atoms with Crippen LogP contribution in [0.3, 0.4) is 0 Å². The number of halogens is 2. The summed E-state index contributed by atoms with van der Waals surface area (Å²) in [5.41, 5.74) is 5.51. The van der Waals surface area contributed by atoms with E-state index < -0.39 is 17.5 Å². The van der Waals surface area contributed by atoms with Crippen molar-refractivity contribution in [2.24, 2.45) is 5.92 Å². The maximum atomic E-state index is 13.3. The molecule has 1 rings (SSSR count). The maximum Gasteiger partial charge on any atom is 0.256 e. The molecule has 0 aliphatic heterocycles. The summed E-state index contributed by atoms with van der Waals surface area (Å²) in [6.07, 6.45) is 0. The zero-order valence-corrected chi connectivity index (χ0v) is 12.0. The number of nitrogen functional groups attached to an aromatic ring is 1. The monoisotopic (exact) mass is 286 g/mol. The molecule has 0 spiro atoms. The third-order valence-corrected chi connectivity index (χ3v) is 2.76. The van der Waals surface area contributed by atoms with Crippen molar-refractivity contribution in [3.05, 3.63) is 29.3 Å². The molecule has 1 amide bonds. The number of hydrogen-bond donors (Lipinski definition) is 1. The summed E-state index contributed by atoms with van der Waals surface area (Å²) in [6.45, 7) is 5.14. The molecule has 0 saturated carbocycles. The predicted molar refractivity (Wildman–Crippen MR) is 73.4 cm³/mol. The molecular weight excluding hydrogens is 266 g/mol. The molecule has 0 saturated heterocycles. The van der Waals surface area contributed by atoms with Gasteiger partial charge >= 0.3 is 0 Å².